The molecule has 0 N–H and O–H groups in total. The lowest BCUT2D eigenvalue weighted by Crippen LogP contribution is -2.37. The van der Waals surface area contributed by atoms with Crippen LogP contribution < -0.4 is 4.89 Å². The molecule has 0 spiro atoms. The van der Waals surface area contributed by atoms with E-state index in [-0.39, 0.29) is 26.1 Å². The quantitative estimate of drug-likeness (QED) is 0.0208. The lowest BCUT2D eigenvalue weighted by atomic mass is 10.1. The number of nitrogens with zero attached hydrogens (tertiary/aromatic N) is 1. The smallest absolute Gasteiger partial charge is 0.306 e. The van der Waals surface area contributed by atoms with E-state index in [1.807, 2.05) is 21.1 Å². The molecule has 0 saturated carbocycles. The Kier molecular flexibility index (Phi) is 32.4. The van der Waals surface area contributed by atoms with E-state index in [1.54, 1.807) is 0 Å². The standard InChI is InChI=1S/C41H74NO8P/c1-6-8-10-12-14-16-18-20-21-22-24-25-27-29-31-33-40(43)47-37-39(38-49-51(45,46)48-36-35-42(3,4)5)50-41(44)34-32-30-28-26-23-19-17-15-13-11-9-7-2/h14-17,20-21,24-25,39H,6-13,18-19,22-23,26-38H2,1-5H3/b16-14-,17-15-,21-20-,25-24-/t39-/m1/s1. The van der Waals surface area contributed by atoms with Crippen molar-refractivity contribution >= 4 is 19.8 Å². The van der Waals surface area contributed by atoms with E-state index < -0.39 is 32.5 Å². The molecule has 0 heterocycles. The Bertz CT molecular complexity index is 1020. The van der Waals surface area contributed by atoms with Gasteiger partial charge in [-0.3, -0.25) is 14.2 Å². The van der Waals surface area contributed by atoms with Crippen molar-refractivity contribution in [2.75, 3.05) is 47.5 Å². The van der Waals surface area contributed by atoms with Crippen LogP contribution in [-0.2, 0) is 32.7 Å². The normalized spacial score (nSPS) is 14.2. The van der Waals surface area contributed by atoms with Crippen LogP contribution in [-0.4, -0.2) is 70.0 Å². The van der Waals surface area contributed by atoms with Crippen molar-refractivity contribution in [1.82, 2.24) is 0 Å². The maximum Gasteiger partial charge on any atom is 0.306 e. The molecular formula is C41H74NO8P. The molecule has 0 saturated heterocycles. The first-order chi connectivity index (χ1) is 24.5. The largest absolute Gasteiger partial charge is 0.756 e. The van der Waals surface area contributed by atoms with Gasteiger partial charge in [0.2, 0.25) is 0 Å². The zero-order valence-corrected chi connectivity index (χ0v) is 33.9. The highest BCUT2D eigenvalue weighted by atomic mass is 31.2. The first-order valence-corrected chi connectivity index (χ1v) is 21.3. The summed E-state index contributed by atoms with van der Waals surface area (Å²) in [5, 5.41) is 0. The number of hydrogen-bond acceptors (Lipinski definition) is 8. The van der Waals surface area contributed by atoms with Crippen LogP contribution in [0.5, 0.6) is 0 Å². The Balaban J connectivity index is 4.51. The van der Waals surface area contributed by atoms with Gasteiger partial charge < -0.3 is 27.9 Å². The highest BCUT2D eigenvalue weighted by Crippen LogP contribution is 2.38. The fourth-order valence-electron chi connectivity index (χ4n) is 4.89. The number of phosphoric acid groups is 1. The third-order valence-electron chi connectivity index (χ3n) is 8.07. The van der Waals surface area contributed by atoms with E-state index in [2.05, 4.69) is 62.5 Å². The minimum absolute atomic E-state index is 0.0400. The van der Waals surface area contributed by atoms with Gasteiger partial charge >= 0.3 is 11.9 Å². The van der Waals surface area contributed by atoms with E-state index in [0.717, 1.165) is 70.6 Å². The molecule has 0 aromatic rings. The van der Waals surface area contributed by atoms with Gasteiger partial charge in [-0.2, -0.15) is 0 Å². The van der Waals surface area contributed by atoms with Gasteiger partial charge in [-0.05, 0) is 77.0 Å². The average Bonchev–Trinajstić information content (AvgIpc) is 3.07. The maximum atomic E-state index is 12.6. The molecule has 0 aliphatic heterocycles. The molecule has 51 heavy (non-hydrogen) atoms. The topological polar surface area (TPSA) is 111 Å². The summed E-state index contributed by atoms with van der Waals surface area (Å²) < 4.78 is 33.7. The molecule has 296 valence electrons. The van der Waals surface area contributed by atoms with Gasteiger partial charge in [0.05, 0.1) is 27.7 Å². The van der Waals surface area contributed by atoms with Gasteiger partial charge in [-0.25, -0.2) is 0 Å². The lowest BCUT2D eigenvalue weighted by molar-refractivity contribution is -0.870. The summed E-state index contributed by atoms with van der Waals surface area (Å²) in [6.07, 6.45) is 37.1. The van der Waals surface area contributed by atoms with Crippen molar-refractivity contribution in [2.24, 2.45) is 0 Å². The molecule has 9 nitrogen and oxygen atoms in total. The average molecular weight is 740 g/mol. The third-order valence-corrected chi connectivity index (χ3v) is 9.04. The minimum Gasteiger partial charge on any atom is -0.756 e. The summed E-state index contributed by atoms with van der Waals surface area (Å²) in [4.78, 5) is 37.3. The summed E-state index contributed by atoms with van der Waals surface area (Å²) in [6, 6.07) is 0. The fourth-order valence-corrected chi connectivity index (χ4v) is 5.62. The summed E-state index contributed by atoms with van der Waals surface area (Å²) in [5.41, 5.74) is 0. The fraction of sp³-hybridized carbons (Fsp3) is 0.756. The van der Waals surface area contributed by atoms with Crippen molar-refractivity contribution in [3.8, 4) is 0 Å². The van der Waals surface area contributed by atoms with Crippen LogP contribution >= 0.6 is 7.82 Å². The number of rotatable bonds is 35. The molecular weight excluding hydrogens is 665 g/mol. The summed E-state index contributed by atoms with van der Waals surface area (Å²) in [7, 11) is 1.13. The van der Waals surface area contributed by atoms with Crippen molar-refractivity contribution in [3.05, 3.63) is 48.6 Å². The maximum absolute atomic E-state index is 12.6. The zero-order valence-electron chi connectivity index (χ0n) is 33.0. The van der Waals surface area contributed by atoms with Crippen LogP contribution in [0, 0.1) is 0 Å². The highest BCUT2D eigenvalue weighted by molar-refractivity contribution is 7.45. The first-order valence-electron chi connectivity index (χ1n) is 19.8. The molecule has 2 atom stereocenters. The third kappa shape index (κ3) is 37.5. The molecule has 0 aromatic carbocycles. The number of carbonyl (C=O) groups excluding carboxylic acids is 2. The van der Waals surface area contributed by atoms with E-state index in [1.165, 1.54) is 38.5 Å². The summed E-state index contributed by atoms with van der Waals surface area (Å²) in [5.74, 6) is -0.895. The number of likely N-dealkylation sites (N-methyl/N-ethyl adjacent to an activating group) is 1. The number of esters is 2. The first kappa shape index (κ1) is 49.0. The number of allylic oxidation sites excluding steroid dienone is 8. The van der Waals surface area contributed by atoms with Gasteiger partial charge in [-0.1, -0.05) is 107 Å². The van der Waals surface area contributed by atoms with Gasteiger partial charge in [-0.15, -0.1) is 0 Å². The van der Waals surface area contributed by atoms with Gasteiger partial charge in [0.25, 0.3) is 7.82 Å². The van der Waals surface area contributed by atoms with Gasteiger partial charge in [0.1, 0.15) is 19.8 Å². The van der Waals surface area contributed by atoms with Crippen LogP contribution in [0.2, 0.25) is 0 Å². The Labute approximate surface area is 312 Å². The highest BCUT2D eigenvalue weighted by Gasteiger charge is 2.21. The SMILES string of the molecule is CCCCC/C=C\C/C=C\C/C=C\CCCCC(=O)OC[C@H](COP(=O)([O-])OCC[N+](C)(C)C)OC(=O)CCCCCCC/C=C\CCCCC. The number of ether oxygens (including phenoxy) is 2. The van der Waals surface area contributed by atoms with Crippen molar-refractivity contribution in [2.45, 2.75) is 155 Å². The van der Waals surface area contributed by atoms with Crippen molar-refractivity contribution < 1.29 is 42.1 Å². The number of quaternary nitrogens is 1. The number of carbonyl (C=O) groups is 2. The predicted octanol–water partition coefficient (Wildman–Crippen LogP) is 10.1. The second-order valence-electron chi connectivity index (χ2n) is 14.3. The van der Waals surface area contributed by atoms with E-state index in [9.17, 15) is 19.0 Å². The molecule has 10 heteroatoms. The molecule has 0 fully saturated rings. The van der Waals surface area contributed by atoms with Gasteiger partial charge in [0, 0.05) is 12.8 Å². The van der Waals surface area contributed by atoms with E-state index in [0.29, 0.717) is 23.9 Å². The number of phosphoric ester groups is 1. The molecule has 0 radical (unpaired) electrons. The minimum atomic E-state index is -4.63. The second-order valence-corrected chi connectivity index (χ2v) is 15.7. The van der Waals surface area contributed by atoms with Crippen molar-refractivity contribution in [1.29, 1.82) is 0 Å². The molecule has 0 aliphatic carbocycles. The monoisotopic (exact) mass is 740 g/mol. The molecule has 0 amide bonds. The van der Waals surface area contributed by atoms with Crippen molar-refractivity contribution in [3.63, 3.8) is 0 Å². The van der Waals surface area contributed by atoms with Crippen LogP contribution in [0.1, 0.15) is 149 Å². The molecule has 0 bridgehead atoms. The Morgan fingerprint density at radius 3 is 1.63 bits per heavy atom. The van der Waals surface area contributed by atoms with E-state index in [4.69, 9.17) is 18.5 Å². The summed E-state index contributed by atoms with van der Waals surface area (Å²) in [6.45, 7) is 4.09. The van der Waals surface area contributed by atoms with Crippen LogP contribution in [0.4, 0.5) is 0 Å². The Hall–Kier alpha value is -2.03. The second kappa shape index (κ2) is 33.8. The summed E-state index contributed by atoms with van der Waals surface area (Å²) >= 11 is 0. The number of hydrogen-bond donors (Lipinski definition) is 0. The van der Waals surface area contributed by atoms with Crippen LogP contribution in [0.25, 0.3) is 0 Å². The molecule has 0 rings (SSSR count). The predicted molar refractivity (Wildman–Crippen MR) is 208 cm³/mol. The van der Waals surface area contributed by atoms with Gasteiger partial charge in [0.15, 0.2) is 6.10 Å². The number of unbranched alkanes of at least 4 members (excludes halogenated alkanes) is 13. The Morgan fingerprint density at radius 2 is 1.06 bits per heavy atom. The Morgan fingerprint density at radius 1 is 0.608 bits per heavy atom. The zero-order chi connectivity index (χ0) is 37.9. The molecule has 0 aromatic heterocycles. The van der Waals surface area contributed by atoms with E-state index >= 15 is 0 Å². The van der Waals surface area contributed by atoms with Crippen LogP contribution in [0.3, 0.4) is 0 Å². The molecule has 1 unspecified atom stereocenters. The van der Waals surface area contributed by atoms with Crippen LogP contribution in [0.15, 0.2) is 48.6 Å². The molecule has 0 aliphatic rings. The lowest BCUT2D eigenvalue weighted by Gasteiger charge is -2.28.